The van der Waals surface area contributed by atoms with Crippen molar-refractivity contribution in [3.05, 3.63) is 74.7 Å². The third-order valence-electron chi connectivity index (χ3n) is 3.99. The molecule has 3 aromatic rings. The van der Waals surface area contributed by atoms with Gasteiger partial charge in [-0.05, 0) is 42.8 Å². The van der Waals surface area contributed by atoms with Gasteiger partial charge in [0.15, 0.2) is 0 Å². The van der Waals surface area contributed by atoms with E-state index >= 15 is 0 Å². The summed E-state index contributed by atoms with van der Waals surface area (Å²) in [6, 6.07) is 14.6. The van der Waals surface area contributed by atoms with Crippen molar-refractivity contribution in [2.24, 2.45) is 5.73 Å². The second kappa shape index (κ2) is 8.25. The van der Waals surface area contributed by atoms with E-state index in [0.29, 0.717) is 30.4 Å². The Labute approximate surface area is 159 Å². The fourth-order valence-electron chi connectivity index (χ4n) is 2.64. The summed E-state index contributed by atoms with van der Waals surface area (Å²) in [5.74, 6) is -0.271. The van der Waals surface area contributed by atoms with E-state index < -0.39 is 0 Å². The van der Waals surface area contributed by atoms with E-state index in [0.717, 1.165) is 10.0 Å². The maximum Gasteiger partial charge on any atom is 0.287 e. The fourth-order valence-corrected chi connectivity index (χ4v) is 2.91. The van der Waals surface area contributed by atoms with Gasteiger partial charge >= 0.3 is 0 Å². The highest BCUT2D eigenvalue weighted by molar-refractivity contribution is 9.10. The Bertz CT molecular complexity index is 983. The highest BCUT2D eigenvalue weighted by Crippen LogP contribution is 2.13. The molecule has 134 valence electrons. The molecule has 1 heterocycles. The van der Waals surface area contributed by atoms with E-state index in [2.05, 4.69) is 26.2 Å². The molecule has 0 saturated carbocycles. The first-order valence-electron chi connectivity index (χ1n) is 8.32. The number of benzene rings is 2. The van der Waals surface area contributed by atoms with E-state index in [1.807, 2.05) is 24.3 Å². The van der Waals surface area contributed by atoms with Crippen molar-refractivity contribution < 1.29 is 4.79 Å². The number of nitrogens with two attached hydrogens (primary N) is 1. The number of amides is 1. The number of nitrogens with one attached hydrogen (secondary N) is 1. The number of hydrogen-bond donors (Lipinski definition) is 2. The van der Waals surface area contributed by atoms with Crippen LogP contribution >= 0.6 is 15.9 Å². The van der Waals surface area contributed by atoms with Crippen LogP contribution in [0.15, 0.2) is 57.8 Å². The fraction of sp³-hybridized carbons (Fsp3) is 0.211. The number of para-hydroxylation sites is 1. The van der Waals surface area contributed by atoms with Crippen molar-refractivity contribution in [3.8, 4) is 0 Å². The molecule has 0 fully saturated rings. The summed E-state index contributed by atoms with van der Waals surface area (Å²) in [6.07, 6.45) is 0.663. The van der Waals surface area contributed by atoms with Crippen LogP contribution in [0.2, 0.25) is 0 Å². The summed E-state index contributed by atoms with van der Waals surface area (Å²) >= 11 is 3.40. The van der Waals surface area contributed by atoms with E-state index in [1.165, 1.54) is 4.57 Å². The van der Waals surface area contributed by atoms with Crippen molar-refractivity contribution in [3.63, 3.8) is 0 Å². The van der Waals surface area contributed by atoms with Gasteiger partial charge in [0.2, 0.25) is 5.82 Å². The third kappa shape index (κ3) is 4.00. The predicted molar refractivity (Wildman–Crippen MR) is 105 cm³/mol. The second-order valence-electron chi connectivity index (χ2n) is 5.87. The van der Waals surface area contributed by atoms with Gasteiger partial charge in [-0.2, -0.15) is 0 Å². The topological polar surface area (TPSA) is 90.0 Å². The molecule has 3 rings (SSSR count). The van der Waals surface area contributed by atoms with Crippen molar-refractivity contribution >= 4 is 32.7 Å². The summed E-state index contributed by atoms with van der Waals surface area (Å²) < 4.78 is 2.37. The van der Waals surface area contributed by atoms with Crippen LogP contribution in [0, 0.1) is 0 Å². The molecule has 7 heteroatoms. The summed E-state index contributed by atoms with van der Waals surface area (Å²) in [6.45, 7) is 1.19. The Hall–Kier alpha value is -2.51. The maximum absolute atomic E-state index is 13.0. The average molecular weight is 415 g/mol. The molecule has 0 aliphatic rings. The van der Waals surface area contributed by atoms with Gasteiger partial charge in [-0.1, -0.05) is 40.2 Å². The molecule has 0 radical (unpaired) electrons. The molecule has 0 saturated heterocycles. The second-order valence-corrected chi connectivity index (χ2v) is 6.78. The van der Waals surface area contributed by atoms with Gasteiger partial charge in [-0.15, -0.1) is 0 Å². The third-order valence-corrected chi connectivity index (χ3v) is 4.51. The standard InChI is InChI=1S/C19H19BrN4O2/c20-14-8-6-13(7-9-14)12-24-17(18(25)22-11-3-10-21)23-16-5-2-1-4-15(16)19(24)26/h1-2,4-9H,3,10-12,21H2,(H,22,25). The Balaban J connectivity index is 2.06. The first-order chi connectivity index (χ1) is 12.6. The van der Waals surface area contributed by atoms with E-state index in [1.54, 1.807) is 24.3 Å². The molecule has 1 aromatic heterocycles. The Kier molecular flexibility index (Phi) is 5.80. The molecule has 0 aliphatic carbocycles. The van der Waals surface area contributed by atoms with Crippen LogP contribution in [0.25, 0.3) is 10.9 Å². The molecular formula is C19H19BrN4O2. The minimum atomic E-state index is -0.376. The predicted octanol–water partition coefficient (Wildman–Crippen LogP) is 2.29. The molecule has 0 atom stereocenters. The van der Waals surface area contributed by atoms with Crippen LogP contribution in [0.1, 0.15) is 22.6 Å². The van der Waals surface area contributed by atoms with Gasteiger partial charge in [-0.3, -0.25) is 14.2 Å². The number of nitrogens with zero attached hydrogens (tertiary/aromatic N) is 2. The van der Waals surface area contributed by atoms with Crippen LogP contribution in [0.4, 0.5) is 0 Å². The number of halogens is 1. The molecule has 0 unspecified atom stereocenters. The van der Waals surface area contributed by atoms with Gasteiger partial charge in [0.25, 0.3) is 11.5 Å². The van der Waals surface area contributed by atoms with Gasteiger partial charge in [0.1, 0.15) is 0 Å². The maximum atomic E-state index is 13.0. The molecule has 2 aromatic carbocycles. The Morgan fingerprint density at radius 1 is 1.15 bits per heavy atom. The number of hydrogen-bond acceptors (Lipinski definition) is 4. The molecule has 1 amide bonds. The molecule has 3 N–H and O–H groups in total. The zero-order valence-electron chi connectivity index (χ0n) is 14.1. The van der Waals surface area contributed by atoms with E-state index in [-0.39, 0.29) is 23.8 Å². The summed E-state index contributed by atoms with van der Waals surface area (Å²) in [5.41, 5.74) is 6.65. The summed E-state index contributed by atoms with van der Waals surface area (Å²) in [4.78, 5) is 30.0. The SMILES string of the molecule is NCCCNC(=O)c1nc2ccccc2c(=O)n1Cc1ccc(Br)cc1. The van der Waals surface area contributed by atoms with E-state index in [9.17, 15) is 9.59 Å². The average Bonchev–Trinajstić information content (AvgIpc) is 2.65. The van der Waals surface area contributed by atoms with Gasteiger partial charge < -0.3 is 11.1 Å². The van der Waals surface area contributed by atoms with Crippen LogP contribution in [-0.2, 0) is 6.54 Å². The van der Waals surface area contributed by atoms with Crippen molar-refractivity contribution in [2.45, 2.75) is 13.0 Å². The lowest BCUT2D eigenvalue weighted by Gasteiger charge is -2.13. The molecule has 0 bridgehead atoms. The molecule has 26 heavy (non-hydrogen) atoms. The van der Waals surface area contributed by atoms with Gasteiger partial charge in [0, 0.05) is 11.0 Å². The van der Waals surface area contributed by atoms with Crippen LogP contribution in [-0.4, -0.2) is 28.5 Å². The summed E-state index contributed by atoms with van der Waals surface area (Å²) in [5, 5.41) is 3.27. The highest BCUT2D eigenvalue weighted by atomic mass is 79.9. The van der Waals surface area contributed by atoms with Crippen molar-refractivity contribution in [2.75, 3.05) is 13.1 Å². The largest absolute Gasteiger partial charge is 0.349 e. The van der Waals surface area contributed by atoms with Crippen molar-refractivity contribution in [1.29, 1.82) is 0 Å². The first kappa shape index (κ1) is 18.3. The lowest BCUT2D eigenvalue weighted by molar-refractivity contribution is 0.0937. The molecular weight excluding hydrogens is 396 g/mol. The number of rotatable bonds is 6. The highest BCUT2D eigenvalue weighted by Gasteiger charge is 2.17. The normalized spacial score (nSPS) is 10.8. The molecule has 0 spiro atoms. The lowest BCUT2D eigenvalue weighted by atomic mass is 10.2. The summed E-state index contributed by atoms with van der Waals surface area (Å²) in [7, 11) is 0. The minimum absolute atomic E-state index is 0.105. The van der Waals surface area contributed by atoms with Crippen molar-refractivity contribution in [1.82, 2.24) is 14.9 Å². The lowest BCUT2D eigenvalue weighted by Crippen LogP contribution is -2.35. The zero-order chi connectivity index (χ0) is 18.5. The number of carbonyl (C=O) groups is 1. The van der Waals surface area contributed by atoms with Crippen LogP contribution in [0.3, 0.4) is 0 Å². The molecule has 6 nitrogen and oxygen atoms in total. The number of fused-ring (bicyclic) bond motifs is 1. The molecule has 0 aliphatic heterocycles. The quantitative estimate of drug-likeness (QED) is 0.605. The Morgan fingerprint density at radius 3 is 2.62 bits per heavy atom. The first-order valence-corrected chi connectivity index (χ1v) is 9.11. The smallest absolute Gasteiger partial charge is 0.287 e. The Morgan fingerprint density at radius 2 is 1.88 bits per heavy atom. The van der Waals surface area contributed by atoms with Crippen LogP contribution < -0.4 is 16.6 Å². The monoisotopic (exact) mass is 414 g/mol. The van der Waals surface area contributed by atoms with Crippen LogP contribution in [0.5, 0.6) is 0 Å². The van der Waals surface area contributed by atoms with Gasteiger partial charge in [0.05, 0.1) is 17.4 Å². The number of aromatic nitrogens is 2. The number of carbonyl (C=O) groups excluding carboxylic acids is 1. The zero-order valence-corrected chi connectivity index (χ0v) is 15.7. The minimum Gasteiger partial charge on any atom is -0.349 e. The van der Waals surface area contributed by atoms with Gasteiger partial charge in [-0.25, -0.2) is 4.98 Å². The van der Waals surface area contributed by atoms with E-state index in [4.69, 9.17) is 5.73 Å².